The van der Waals surface area contributed by atoms with Gasteiger partial charge in [0.2, 0.25) is 12.7 Å². The molecule has 1 unspecified atom stereocenters. The smallest absolute Gasteiger partial charge is 0.254 e. The lowest BCUT2D eigenvalue weighted by Crippen LogP contribution is -2.53. The standard InChI is InChI=1S/C21H24N2O4/c1-21(2,20(22)25)18(11-14-7-5-4-6-8-14)23(3)19(24)15-9-10-16-17(12-15)27-13-26-16/h4-10,12,18H,11,13H2,1-3H3,(H2,22,25). The number of nitrogens with zero attached hydrogens (tertiary/aromatic N) is 1. The van der Waals surface area contributed by atoms with E-state index in [1.54, 1.807) is 44.0 Å². The van der Waals surface area contributed by atoms with E-state index in [4.69, 9.17) is 15.2 Å². The van der Waals surface area contributed by atoms with Gasteiger partial charge in [-0.25, -0.2) is 0 Å². The van der Waals surface area contributed by atoms with Crippen molar-refractivity contribution >= 4 is 11.8 Å². The number of carbonyl (C=O) groups is 2. The SMILES string of the molecule is CN(C(=O)c1ccc2c(c1)OCO2)C(Cc1ccccc1)C(C)(C)C(N)=O. The highest BCUT2D eigenvalue weighted by atomic mass is 16.7. The highest BCUT2D eigenvalue weighted by Crippen LogP contribution is 2.34. The minimum Gasteiger partial charge on any atom is -0.454 e. The van der Waals surface area contributed by atoms with E-state index in [-0.39, 0.29) is 12.7 Å². The van der Waals surface area contributed by atoms with Crippen molar-refractivity contribution in [3.05, 3.63) is 59.7 Å². The Morgan fingerprint density at radius 1 is 1.11 bits per heavy atom. The van der Waals surface area contributed by atoms with Crippen molar-refractivity contribution in [2.24, 2.45) is 11.1 Å². The highest BCUT2D eigenvalue weighted by molar-refractivity contribution is 5.95. The Morgan fingerprint density at radius 2 is 1.78 bits per heavy atom. The van der Waals surface area contributed by atoms with Crippen LogP contribution in [0.4, 0.5) is 0 Å². The van der Waals surface area contributed by atoms with Gasteiger partial charge in [0.1, 0.15) is 0 Å². The van der Waals surface area contributed by atoms with Crippen molar-refractivity contribution in [1.82, 2.24) is 4.90 Å². The van der Waals surface area contributed by atoms with Crippen LogP contribution in [0.25, 0.3) is 0 Å². The predicted octanol–water partition coefficient (Wildman–Crippen LogP) is 2.61. The molecule has 2 aromatic carbocycles. The van der Waals surface area contributed by atoms with Crippen molar-refractivity contribution in [2.45, 2.75) is 26.3 Å². The van der Waals surface area contributed by atoms with E-state index in [1.165, 1.54) is 0 Å². The summed E-state index contributed by atoms with van der Waals surface area (Å²) >= 11 is 0. The van der Waals surface area contributed by atoms with Crippen molar-refractivity contribution in [3.63, 3.8) is 0 Å². The summed E-state index contributed by atoms with van der Waals surface area (Å²) in [6.45, 7) is 3.69. The first-order valence-electron chi connectivity index (χ1n) is 8.81. The number of fused-ring (bicyclic) bond motifs is 1. The number of carbonyl (C=O) groups excluding carboxylic acids is 2. The number of hydrogen-bond acceptors (Lipinski definition) is 4. The number of hydrogen-bond donors (Lipinski definition) is 1. The average Bonchev–Trinajstić information content (AvgIpc) is 3.13. The maximum atomic E-state index is 13.1. The molecule has 0 spiro atoms. The fourth-order valence-corrected chi connectivity index (χ4v) is 3.25. The highest BCUT2D eigenvalue weighted by Gasteiger charge is 2.39. The first-order chi connectivity index (χ1) is 12.8. The van der Waals surface area contributed by atoms with Crippen LogP contribution in [0.5, 0.6) is 11.5 Å². The lowest BCUT2D eigenvalue weighted by atomic mass is 9.79. The number of primary amides is 1. The van der Waals surface area contributed by atoms with Crippen LogP contribution in [0.1, 0.15) is 29.8 Å². The van der Waals surface area contributed by atoms with Crippen LogP contribution in [0, 0.1) is 5.41 Å². The maximum absolute atomic E-state index is 13.1. The molecule has 0 fully saturated rings. The van der Waals surface area contributed by atoms with Gasteiger partial charge in [-0.1, -0.05) is 30.3 Å². The number of benzene rings is 2. The second kappa shape index (κ2) is 7.31. The van der Waals surface area contributed by atoms with E-state index in [0.29, 0.717) is 23.5 Å². The number of likely N-dealkylation sites (N-methyl/N-ethyl adjacent to an activating group) is 1. The summed E-state index contributed by atoms with van der Waals surface area (Å²) in [5, 5.41) is 0. The van der Waals surface area contributed by atoms with Gasteiger partial charge in [0.15, 0.2) is 11.5 Å². The molecule has 2 amide bonds. The minimum atomic E-state index is -0.906. The first kappa shape index (κ1) is 18.8. The Morgan fingerprint density at radius 3 is 2.44 bits per heavy atom. The topological polar surface area (TPSA) is 81.9 Å². The van der Waals surface area contributed by atoms with Crippen molar-refractivity contribution < 1.29 is 19.1 Å². The molecule has 3 rings (SSSR count). The van der Waals surface area contributed by atoms with Crippen molar-refractivity contribution in [3.8, 4) is 11.5 Å². The summed E-state index contributed by atoms with van der Waals surface area (Å²) in [4.78, 5) is 26.8. The zero-order valence-corrected chi connectivity index (χ0v) is 15.8. The molecule has 2 N–H and O–H groups in total. The minimum absolute atomic E-state index is 0.147. The largest absolute Gasteiger partial charge is 0.454 e. The number of rotatable bonds is 6. The monoisotopic (exact) mass is 368 g/mol. The molecule has 0 saturated carbocycles. The second-order valence-corrected chi connectivity index (χ2v) is 7.28. The molecular formula is C21H24N2O4. The van der Waals surface area contributed by atoms with Gasteiger partial charge in [0, 0.05) is 18.7 Å². The Kier molecular flexibility index (Phi) is 5.08. The van der Waals surface area contributed by atoms with E-state index in [2.05, 4.69) is 0 Å². The van der Waals surface area contributed by atoms with Crippen molar-refractivity contribution in [1.29, 1.82) is 0 Å². The quantitative estimate of drug-likeness (QED) is 0.850. The lowest BCUT2D eigenvalue weighted by Gasteiger charge is -2.38. The van der Waals surface area contributed by atoms with Gasteiger partial charge in [-0.05, 0) is 44.0 Å². The number of nitrogens with two attached hydrogens (primary N) is 1. The maximum Gasteiger partial charge on any atom is 0.254 e. The summed E-state index contributed by atoms with van der Waals surface area (Å²) in [6, 6.07) is 14.4. The normalized spacial score (nSPS) is 13.9. The van der Waals surface area contributed by atoms with Crippen molar-refractivity contribution in [2.75, 3.05) is 13.8 Å². The summed E-state index contributed by atoms with van der Waals surface area (Å²) in [7, 11) is 1.70. The van der Waals surface area contributed by atoms with Crippen LogP contribution in [-0.2, 0) is 11.2 Å². The summed E-state index contributed by atoms with van der Waals surface area (Å²) in [6.07, 6.45) is 0.517. The van der Waals surface area contributed by atoms with Gasteiger partial charge in [0.05, 0.1) is 5.41 Å². The molecule has 1 aliphatic rings. The number of amides is 2. The van der Waals surface area contributed by atoms with Crippen LogP contribution < -0.4 is 15.2 Å². The van der Waals surface area contributed by atoms with E-state index < -0.39 is 17.4 Å². The van der Waals surface area contributed by atoms with E-state index in [0.717, 1.165) is 5.56 Å². The molecule has 2 aromatic rings. The van der Waals surface area contributed by atoms with Crippen LogP contribution in [0.2, 0.25) is 0 Å². The Balaban J connectivity index is 1.90. The number of ether oxygens (including phenoxy) is 2. The zero-order valence-electron chi connectivity index (χ0n) is 15.8. The molecule has 142 valence electrons. The molecule has 0 aliphatic carbocycles. The molecular weight excluding hydrogens is 344 g/mol. The molecule has 0 aromatic heterocycles. The summed E-state index contributed by atoms with van der Waals surface area (Å²) in [5.41, 5.74) is 6.26. The zero-order chi connectivity index (χ0) is 19.6. The average molecular weight is 368 g/mol. The lowest BCUT2D eigenvalue weighted by molar-refractivity contribution is -0.128. The van der Waals surface area contributed by atoms with Gasteiger partial charge < -0.3 is 20.1 Å². The summed E-state index contributed by atoms with van der Waals surface area (Å²) in [5.74, 6) is 0.507. The Labute approximate surface area is 158 Å². The molecule has 0 radical (unpaired) electrons. The van der Waals surface area contributed by atoms with Crippen LogP contribution in [-0.4, -0.2) is 36.6 Å². The molecule has 0 saturated heterocycles. The Bertz CT molecular complexity index is 849. The fraction of sp³-hybridized carbons (Fsp3) is 0.333. The second-order valence-electron chi connectivity index (χ2n) is 7.28. The third kappa shape index (κ3) is 3.74. The molecule has 1 heterocycles. The van der Waals surface area contributed by atoms with E-state index in [1.807, 2.05) is 30.3 Å². The Hall–Kier alpha value is -3.02. The third-order valence-electron chi connectivity index (χ3n) is 5.15. The van der Waals surface area contributed by atoms with Gasteiger partial charge in [-0.3, -0.25) is 9.59 Å². The van der Waals surface area contributed by atoms with Gasteiger partial charge in [-0.15, -0.1) is 0 Å². The van der Waals surface area contributed by atoms with Crippen LogP contribution >= 0.6 is 0 Å². The van der Waals surface area contributed by atoms with Gasteiger partial charge >= 0.3 is 0 Å². The van der Waals surface area contributed by atoms with E-state index in [9.17, 15) is 9.59 Å². The predicted molar refractivity (Wildman–Crippen MR) is 102 cm³/mol. The molecule has 27 heavy (non-hydrogen) atoms. The van der Waals surface area contributed by atoms with Crippen LogP contribution in [0.15, 0.2) is 48.5 Å². The van der Waals surface area contributed by atoms with E-state index >= 15 is 0 Å². The molecule has 6 nitrogen and oxygen atoms in total. The fourth-order valence-electron chi connectivity index (χ4n) is 3.25. The third-order valence-corrected chi connectivity index (χ3v) is 5.15. The first-order valence-corrected chi connectivity index (χ1v) is 8.81. The van der Waals surface area contributed by atoms with Crippen LogP contribution in [0.3, 0.4) is 0 Å². The molecule has 6 heteroatoms. The molecule has 1 aliphatic heterocycles. The molecule has 0 bridgehead atoms. The van der Waals surface area contributed by atoms with Gasteiger partial charge in [0.25, 0.3) is 5.91 Å². The molecule has 1 atom stereocenters. The van der Waals surface area contributed by atoms with Gasteiger partial charge in [-0.2, -0.15) is 0 Å². The summed E-state index contributed by atoms with van der Waals surface area (Å²) < 4.78 is 10.7.